The van der Waals surface area contributed by atoms with E-state index in [1.807, 2.05) is 19.2 Å². The summed E-state index contributed by atoms with van der Waals surface area (Å²) in [6.07, 6.45) is 1.39. The lowest BCUT2D eigenvalue weighted by molar-refractivity contribution is -0.120. The van der Waals surface area contributed by atoms with Gasteiger partial charge in [0, 0.05) is 26.6 Å². The average molecular weight is 275 g/mol. The number of benzene rings is 1. The molecule has 0 heterocycles. The van der Waals surface area contributed by atoms with Gasteiger partial charge >= 0.3 is 0 Å². The molecule has 20 heavy (non-hydrogen) atoms. The predicted octanol–water partition coefficient (Wildman–Crippen LogP) is 1.40. The fraction of sp³-hybridized carbons (Fsp3) is 0.467. The molecule has 0 bridgehead atoms. The molecule has 5 nitrogen and oxygen atoms in total. The molecule has 0 radical (unpaired) electrons. The summed E-state index contributed by atoms with van der Waals surface area (Å²) in [4.78, 5) is 13.2. The highest BCUT2D eigenvalue weighted by Gasteiger charge is 2.03. The number of carbonyl (C=O) groups excluding carboxylic acids is 1. The van der Waals surface area contributed by atoms with E-state index in [2.05, 4.69) is 16.3 Å². The summed E-state index contributed by atoms with van der Waals surface area (Å²) in [5.74, 6) is 0.776. The molecule has 0 saturated carbocycles. The van der Waals surface area contributed by atoms with Crippen LogP contribution in [0.3, 0.4) is 0 Å². The maximum Gasteiger partial charge on any atom is 0.221 e. The van der Waals surface area contributed by atoms with Crippen LogP contribution in [-0.2, 0) is 4.79 Å². The number of rotatable bonds is 8. The van der Waals surface area contributed by atoms with Crippen LogP contribution in [0.2, 0.25) is 0 Å². The maximum atomic E-state index is 11.1. The quantitative estimate of drug-likeness (QED) is 0.728. The van der Waals surface area contributed by atoms with Crippen molar-refractivity contribution < 1.29 is 9.53 Å². The second-order valence-corrected chi connectivity index (χ2v) is 4.57. The van der Waals surface area contributed by atoms with E-state index in [1.54, 1.807) is 19.2 Å². The minimum absolute atomic E-state index is 0.0569. The monoisotopic (exact) mass is 275 g/mol. The Hall–Kier alpha value is -2.06. The first-order valence-corrected chi connectivity index (χ1v) is 6.68. The number of carbonyl (C=O) groups is 1. The van der Waals surface area contributed by atoms with Crippen molar-refractivity contribution >= 4 is 5.91 Å². The van der Waals surface area contributed by atoms with E-state index < -0.39 is 0 Å². The van der Waals surface area contributed by atoms with Crippen LogP contribution in [0.25, 0.3) is 0 Å². The maximum absolute atomic E-state index is 11.1. The zero-order valence-corrected chi connectivity index (χ0v) is 12.1. The number of ether oxygens (including phenoxy) is 1. The van der Waals surface area contributed by atoms with Crippen LogP contribution >= 0.6 is 0 Å². The fourth-order valence-corrected chi connectivity index (χ4v) is 1.71. The number of hydrogen-bond acceptors (Lipinski definition) is 4. The highest BCUT2D eigenvalue weighted by Crippen LogP contribution is 2.12. The summed E-state index contributed by atoms with van der Waals surface area (Å²) in [5.41, 5.74) is 0.602. The topological polar surface area (TPSA) is 65.4 Å². The third-order valence-corrected chi connectivity index (χ3v) is 2.92. The first kappa shape index (κ1) is 16.0. The highest BCUT2D eigenvalue weighted by atomic mass is 16.5. The van der Waals surface area contributed by atoms with Gasteiger partial charge < -0.3 is 15.0 Å². The van der Waals surface area contributed by atoms with Gasteiger partial charge in [-0.25, -0.2) is 0 Å². The predicted molar refractivity (Wildman–Crippen MR) is 77.4 cm³/mol. The van der Waals surface area contributed by atoms with Gasteiger partial charge in [-0.1, -0.05) is 6.07 Å². The number of hydrogen-bond donors (Lipinski definition) is 1. The van der Waals surface area contributed by atoms with Gasteiger partial charge in [0.1, 0.15) is 5.75 Å². The van der Waals surface area contributed by atoms with Gasteiger partial charge in [0.15, 0.2) is 0 Å². The standard InChI is InChI=1S/C15H21N3O2/c1-17-15(19)7-9-18(2)8-4-10-20-14-6-3-5-13(11-14)12-16/h3,5-6,11H,4,7-10H2,1-2H3,(H,17,19). The van der Waals surface area contributed by atoms with Crippen molar-refractivity contribution in [2.24, 2.45) is 0 Å². The normalized spacial score (nSPS) is 10.1. The van der Waals surface area contributed by atoms with E-state index in [-0.39, 0.29) is 5.91 Å². The van der Waals surface area contributed by atoms with Crippen LogP contribution in [0, 0.1) is 11.3 Å². The van der Waals surface area contributed by atoms with Crippen molar-refractivity contribution in [2.75, 3.05) is 33.8 Å². The molecule has 0 saturated heterocycles. The molecule has 0 aliphatic heterocycles. The Balaban J connectivity index is 2.18. The van der Waals surface area contributed by atoms with Crippen molar-refractivity contribution in [3.8, 4) is 11.8 Å². The minimum atomic E-state index is 0.0569. The van der Waals surface area contributed by atoms with Crippen molar-refractivity contribution in [1.29, 1.82) is 5.26 Å². The lowest BCUT2D eigenvalue weighted by Gasteiger charge is -2.16. The van der Waals surface area contributed by atoms with Crippen LogP contribution < -0.4 is 10.1 Å². The summed E-state index contributed by atoms with van der Waals surface area (Å²) < 4.78 is 5.59. The van der Waals surface area contributed by atoms with Crippen LogP contribution in [0.5, 0.6) is 5.75 Å². The van der Waals surface area contributed by atoms with Gasteiger partial charge in [-0.15, -0.1) is 0 Å². The van der Waals surface area contributed by atoms with Gasteiger partial charge in [-0.3, -0.25) is 4.79 Å². The molecule has 0 aromatic heterocycles. The zero-order valence-electron chi connectivity index (χ0n) is 12.1. The highest BCUT2D eigenvalue weighted by molar-refractivity contribution is 5.75. The Bertz CT molecular complexity index is 468. The van der Waals surface area contributed by atoms with Gasteiger partial charge in [0.25, 0.3) is 0 Å². The number of nitrogens with zero attached hydrogens (tertiary/aromatic N) is 2. The Labute approximate surface area is 120 Å². The summed E-state index contributed by atoms with van der Waals surface area (Å²) in [7, 11) is 3.63. The number of amides is 1. The smallest absolute Gasteiger partial charge is 0.221 e. The van der Waals surface area contributed by atoms with Crippen LogP contribution in [0.15, 0.2) is 24.3 Å². The third kappa shape index (κ3) is 6.21. The molecule has 1 aromatic carbocycles. The van der Waals surface area contributed by atoms with Crippen molar-refractivity contribution in [2.45, 2.75) is 12.8 Å². The van der Waals surface area contributed by atoms with E-state index in [9.17, 15) is 4.79 Å². The second-order valence-electron chi connectivity index (χ2n) is 4.57. The van der Waals surface area contributed by atoms with Crippen LogP contribution in [0.1, 0.15) is 18.4 Å². The molecule has 108 valence electrons. The Morgan fingerprint density at radius 3 is 2.95 bits per heavy atom. The van der Waals surface area contributed by atoms with E-state index in [0.717, 1.165) is 25.3 Å². The molecule has 1 aromatic rings. The lowest BCUT2D eigenvalue weighted by atomic mass is 10.2. The molecule has 0 fully saturated rings. The molecule has 0 aliphatic carbocycles. The molecule has 0 unspecified atom stereocenters. The first-order chi connectivity index (χ1) is 9.65. The summed E-state index contributed by atoms with van der Waals surface area (Å²) in [6.45, 7) is 2.21. The number of nitriles is 1. The number of nitrogens with one attached hydrogen (secondary N) is 1. The summed E-state index contributed by atoms with van der Waals surface area (Å²) >= 11 is 0. The molecule has 1 rings (SSSR count). The lowest BCUT2D eigenvalue weighted by Crippen LogP contribution is -2.27. The molecule has 5 heteroatoms. The SMILES string of the molecule is CNC(=O)CCN(C)CCCOc1cccc(C#N)c1. The Morgan fingerprint density at radius 1 is 1.45 bits per heavy atom. The van der Waals surface area contributed by atoms with Crippen LogP contribution in [0.4, 0.5) is 0 Å². The van der Waals surface area contributed by atoms with Gasteiger partial charge in [0.2, 0.25) is 5.91 Å². The van der Waals surface area contributed by atoms with E-state index in [4.69, 9.17) is 10.00 Å². The van der Waals surface area contributed by atoms with Crippen molar-refractivity contribution in [1.82, 2.24) is 10.2 Å². The van der Waals surface area contributed by atoms with Gasteiger partial charge in [-0.05, 0) is 31.7 Å². The molecule has 0 aliphatic rings. The van der Waals surface area contributed by atoms with E-state index in [1.165, 1.54) is 0 Å². The van der Waals surface area contributed by atoms with Crippen molar-refractivity contribution in [3.05, 3.63) is 29.8 Å². The van der Waals surface area contributed by atoms with Crippen LogP contribution in [-0.4, -0.2) is 44.6 Å². The molecule has 1 amide bonds. The minimum Gasteiger partial charge on any atom is -0.494 e. The zero-order chi connectivity index (χ0) is 14.8. The Kier molecular flexibility index (Phi) is 7.15. The van der Waals surface area contributed by atoms with Gasteiger partial charge in [-0.2, -0.15) is 5.26 Å². The second kappa shape index (κ2) is 8.94. The molecule has 1 N–H and O–H groups in total. The van der Waals surface area contributed by atoms with Crippen molar-refractivity contribution in [3.63, 3.8) is 0 Å². The van der Waals surface area contributed by atoms with E-state index >= 15 is 0 Å². The Morgan fingerprint density at radius 2 is 2.25 bits per heavy atom. The third-order valence-electron chi connectivity index (χ3n) is 2.92. The molecular weight excluding hydrogens is 254 g/mol. The van der Waals surface area contributed by atoms with Gasteiger partial charge in [0.05, 0.1) is 18.2 Å². The summed E-state index contributed by atoms with van der Waals surface area (Å²) in [5, 5.41) is 11.4. The molecular formula is C15H21N3O2. The first-order valence-electron chi connectivity index (χ1n) is 6.68. The molecule has 0 spiro atoms. The molecule has 0 atom stereocenters. The fourth-order valence-electron chi connectivity index (χ4n) is 1.71. The average Bonchev–Trinajstić information content (AvgIpc) is 2.49. The summed E-state index contributed by atoms with van der Waals surface area (Å²) in [6, 6.07) is 9.22. The largest absolute Gasteiger partial charge is 0.494 e. The van der Waals surface area contributed by atoms with E-state index in [0.29, 0.717) is 18.6 Å².